The summed E-state index contributed by atoms with van der Waals surface area (Å²) in [5.41, 5.74) is 1.13. The highest BCUT2D eigenvalue weighted by Crippen LogP contribution is 2.26. The molecule has 0 fully saturated rings. The Kier molecular flexibility index (Phi) is 4.64. The lowest BCUT2D eigenvalue weighted by atomic mass is 10.1. The third-order valence-corrected chi connectivity index (χ3v) is 4.48. The zero-order chi connectivity index (χ0) is 13.1. The lowest BCUT2D eigenvalue weighted by Crippen LogP contribution is -2.21. The number of hydrogen-bond acceptors (Lipinski definition) is 2. The summed E-state index contributed by atoms with van der Waals surface area (Å²) >= 11 is 8.42. The number of imidazole rings is 1. The van der Waals surface area contributed by atoms with Crippen molar-refractivity contribution < 1.29 is 0 Å². The second kappa shape index (κ2) is 6.04. The molecule has 0 saturated carbocycles. The van der Waals surface area contributed by atoms with Crippen LogP contribution in [0.1, 0.15) is 24.4 Å². The fourth-order valence-corrected chi connectivity index (χ4v) is 2.51. The number of rotatable bonds is 4. The van der Waals surface area contributed by atoms with Crippen molar-refractivity contribution in [3.05, 3.63) is 50.6 Å². The molecule has 0 aliphatic carbocycles. The molecule has 2 rings (SSSR count). The number of benzene rings is 1. The summed E-state index contributed by atoms with van der Waals surface area (Å²) in [4.78, 5) is 4.44. The first kappa shape index (κ1) is 13.8. The van der Waals surface area contributed by atoms with Gasteiger partial charge in [-0.1, -0.05) is 17.7 Å². The molecule has 0 bridgehead atoms. The lowest BCUT2D eigenvalue weighted by Gasteiger charge is -2.18. The Morgan fingerprint density at radius 3 is 2.89 bits per heavy atom. The molecule has 0 amide bonds. The van der Waals surface area contributed by atoms with Gasteiger partial charge in [0.2, 0.25) is 0 Å². The summed E-state index contributed by atoms with van der Waals surface area (Å²) in [6, 6.07) is 6.18. The number of aromatic nitrogens is 2. The summed E-state index contributed by atoms with van der Waals surface area (Å²) in [7, 11) is 1.94. The van der Waals surface area contributed by atoms with Crippen LogP contribution >= 0.6 is 34.2 Å². The van der Waals surface area contributed by atoms with Gasteiger partial charge in [-0.25, -0.2) is 4.98 Å². The van der Waals surface area contributed by atoms with E-state index in [4.69, 9.17) is 11.6 Å². The van der Waals surface area contributed by atoms with Crippen LogP contribution in [0.4, 0.5) is 0 Å². The maximum absolute atomic E-state index is 6.19. The van der Waals surface area contributed by atoms with Gasteiger partial charge in [0, 0.05) is 22.5 Å². The van der Waals surface area contributed by atoms with Gasteiger partial charge >= 0.3 is 0 Å². The molecule has 18 heavy (non-hydrogen) atoms. The Hall–Kier alpha value is -0.590. The third-order valence-electron chi connectivity index (χ3n) is 2.91. The molecule has 0 radical (unpaired) electrons. The van der Waals surface area contributed by atoms with E-state index in [-0.39, 0.29) is 6.04 Å². The van der Waals surface area contributed by atoms with Gasteiger partial charge in [0.25, 0.3) is 0 Å². The van der Waals surface area contributed by atoms with Gasteiger partial charge in [0.05, 0.1) is 11.1 Å². The molecule has 1 atom stereocenters. The van der Waals surface area contributed by atoms with Gasteiger partial charge in [0.15, 0.2) is 0 Å². The average Bonchev–Trinajstić information content (AvgIpc) is 2.83. The predicted octanol–water partition coefficient (Wildman–Crippen LogP) is 3.47. The van der Waals surface area contributed by atoms with Gasteiger partial charge in [-0.05, 0) is 54.3 Å². The predicted molar refractivity (Wildman–Crippen MR) is 83.0 cm³/mol. The summed E-state index contributed by atoms with van der Waals surface area (Å²) in [6.07, 6.45) is 3.82. The zero-order valence-corrected chi connectivity index (χ0v) is 13.2. The van der Waals surface area contributed by atoms with Gasteiger partial charge in [-0.2, -0.15) is 0 Å². The SMILES string of the molecule is CCn1ccnc1C(NC)c1ccc(I)c(Cl)c1. The van der Waals surface area contributed by atoms with E-state index >= 15 is 0 Å². The Bertz CT molecular complexity index is 539. The van der Waals surface area contributed by atoms with Crippen molar-refractivity contribution in [1.29, 1.82) is 0 Å². The molecule has 1 heterocycles. The number of halogens is 2. The lowest BCUT2D eigenvalue weighted by molar-refractivity contribution is 0.590. The fraction of sp³-hybridized carbons (Fsp3) is 0.308. The topological polar surface area (TPSA) is 29.9 Å². The van der Waals surface area contributed by atoms with E-state index in [1.165, 1.54) is 0 Å². The van der Waals surface area contributed by atoms with Crippen molar-refractivity contribution in [3.63, 3.8) is 0 Å². The van der Waals surface area contributed by atoms with E-state index in [9.17, 15) is 0 Å². The van der Waals surface area contributed by atoms with Gasteiger partial charge in [-0.15, -0.1) is 0 Å². The molecule has 1 aromatic carbocycles. The molecule has 0 aliphatic heterocycles. The quantitative estimate of drug-likeness (QED) is 0.829. The molecular weight excluding hydrogens is 361 g/mol. The van der Waals surface area contributed by atoms with Crippen LogP contribution in [0.3, 0.4) is 0 Å². The average molecular weight is 376 g/mol. The molecular formula is C13H15ClIN3. The van der Waals surface area contributed by atoms with Crippen LogP contribution in [0.25, 0.3) is 0 Å². The van der Waals surface area contributed by atoms with Crippen molar-refractivity contribution >= 4 is 34.2 Å². The fourth-order valence-electron chi connectivity index (χ4n) is 1.99. The van der Waals surface area contributed by atoms with Crippen molar-refractivity contribution in [3.8, 4) is 0 Å². The van der Waals surface area contributed by atoms with Crippen molar-refractivity contribution in [2.75, 3.05) is 7.05 Å². The number of aryl methyl sites for hydroxylation is 1. The normalized spacial score (nSPS) is 12.7. The summed E-state index contributed by atoms with van der Waals surface area (Å²) in [6.45, 7) is 3.02. The number of nitrogens with zero attached hydrogens (tertiary/aromatic N) is 2. The van der Waals surface area contributed by atoms with Crippen LogP contribution in [0.2, 0.25) is 5.02 Å². The van der Waals surface area contributed by atoms with Crippen LogP contribution in [0.5, 0.6) is 0 Å². The Morgan fingerprint density at radius 2 is 2.28 bits per heavy atom. The Morgan fingerprint density at radius 1 is 1.50 bits per heavy atom. The van der Waals surface area contributed by atoms with Crippen LogP contribution in [0, 0.1) is 3.57 Å². The van der Waals surface area contributed by atoms with Crippen LogP contribution in [0.15, 0.2) is 30.6 Å². The first-order valence-corrected chi connectivity index (χ1v) is 7.26. The molecule has 0 aliphatic rings. The van der Waals surface area contributed by atoms with Gasteiger partial charge in [0.1, 0.15) is 5.82 Å². The first-order valence-electron chi connectivity index (χ1n) is 5.80. The maximum atomic E-state index is 6.19. The van der Waals surface area contributed by atoms with Gasteiger partial charge in [-0.3, -0.25) is 0 Å². The highest BCUT2D eigenvalue weighted by molar-refractivity contribution is 14.1. The minimum Gasteiger partial charge on any atom is -0.334 e. The molecule has 96 valence electrons. The molecule has 0 saturated heterocycles. The maximum Gasteiger partial charge on any atom is 0.130 e. The first-order chi connectivity index (χ1) is 8.67. The van der Waals surface area contributed by atoms with Crippen LogP contribution in [-0.4, -0.2) is 16.6 Å². The number of hydrogen-bond donors (Lipinski definition) is 1. The molecule has 1 aromatic heterocycles. The highest BCUT2D eigenvalue weighted by Gasteiger charge is 2.17. The van der Waals surface area contributed by atoms with Crippen molar-refractivity contribution in [2.45, 2.75) is 19.5 Å². The van der Waals surface area contributed by atoms with Crippen LogP contribution in [-0.2, 0) is 6.54 Å². The second-order valence-electron chi connectivity index (χ2n) is 3.97. The smallest absolute Gasteiger partial charge is 0.130 e. The molecule has 1 N–H and O–H groups in total. The second-order valence-corrected chi connectivity index (χ2v) is 5.54. The highest BCUT2D eigenvalue weighted by atomic mass is 127. The standard InChI is InChI=1S/C13H15ClIN3/c1-3-18-7-6-17-13(18)12(16-2)9-4-5-11(15)10(14)8-9/h4-8,12,16H,3H2,1-2H3. The summed E-state index contributed by atoms with van der Waals surface area (Å²) in [5, 5.41) is 4.08. The minimum absolute atomic E-state index is 0.0643. The largest absolute Gasteiger partial charge is 0.334 e. The molecule has 0 spiro atoms. The molecule has 3 nitrogen and oxygen atoms in total. The van der Waals surface area contributed by atoms with Crippen molar-refractivity contribution in [1.82, 2.24) is 14.9 Å². The summed E-state index contributed by atoms with van der Waals surface area (Å²) in [5.74, 6) is 1.01. The van der Waals surface area contributed by atoms with E-state index in [1.807, 2.05) is 31.6 Å². The zero-order valence-electron chi connectivity index (χ0n) is 10.3. The minimum atomic E-state index is 0.0643. The van der Waals surface area contributed by atoms with E-state index in [2.05, 4.69) is 50.4 Å². The Balaban J connectivity index is 2.42. The van der Waals surface area contributed by atoms with E-state index in [0.29, 0.717) is 0 Å². The molecule has 2 aromatic rings. The summed E-state index contributed by atoms with van der Waals surface area (Å²) < 4.78 is 3.19. The number of nitrogens with one attached hydrogen (secondary N) is 1. The monoisotopic (exact) mass is 375 g/mol. The molecule has 1 unspecified atom stereocenters. The van der Waals surface area contributed by atoms with E-state index in [1.54, 1.807) is 0 Å². The third kappa shape index (κ3) is 2.70. The Labute approximate surface area is 126 Å². The van der Waals surface area contributed by atoms with E-state index < -0.39 is 0 Å². The van der Waals surface area contributed by atoms with Crippen LogP contribution < -0.4 is 5.32 Å². The molecule has 5 heteroatoms. The van der Waals surface area contributed by atoms with Gasteiger partial charge < -0.3 is 9.88 Å². The van der Waals surface area contributed by atoms with E-state index in [0.717, 1.165) is 26.5 Å². The van der Waals surface area contributed by atoms with Crippen molar-refractivity contribution in [2.24, 2.45) is 0 Å².